The van der Waals surface area contributed by atoms with Crippen molar-refractivity contribution in [3.63, 3.8) is 0 Å². The summed E-state index contributed by atoms with van der Waals surface area (Å²) in [7, 11) is 0. The second kappa shape index (κ2) is 6.72. The average Bonchev–Trinajstić information content (AvgIpc) is 2.58. The van der Waals surface area contributed by atoms with E-state index >= 15 is 0 Å². The number of aromatic nitrogens is 1. The van der Waals surface area contributed by atoms with Gasteiger partial charge in [0.1, 0.15) is 5.75 Å². The molecule has 0 aliphatic carbocycles. The number of hydrogen-bond donors (Lipinski definition) is 0. The Balaban J connectivity index is 1.84. The first-order chi connectivity index (χ1) is 11.5. The molecule has 0 saturated carbocycles. The van der Waals surface area contributed by atoms with Crippen molar-refractivity contribution in [1.82, 2.24) is 4.98 Å². The van der Waals surface area contributed by atoms with Crippen molar-refractivity contribution in [3.8, 4) is 5.75 Å². The Kier molecular flexibility index (Phi) is 4.66. The van der Waals surface area contributed by atoms with E-state index in [1.807, 2.05) is 29.5 Å². The van der Waals surface area contributed by atoms with Crippen molar-refractivity contribution < 1.29 is 17.9 Å². The molecule has 1 aliphatic heterocycles. The van der Waals surface area contributed by atoms with E-state index in [-0.39, 0.29) is 11.2 Å². The highest BCUT2D eigenvalue weighted by Crippen LogP contribution is 2.27. The molecule has 0 amide bonds. The number of nitrogens with zero attached hydrogens (tertiary/aromatic N) is 3. The second-order valence-corrected chi connectivity index (χ2v) is 5.93. The summed E-state index contributed by atoms with van der Waals surface area (Å²) in [5, 5.41) is 0.889. The van der Waals surface area contributed by atoms with Crippen LogP contribution in [0.25, 0.3) is 6.20 Å². The summed E-state index contributed by atoms with van der Waals surface area (Å²) in [6, 6.07) is 10.2. The first-order valence-electron chi connectivity index (χ1n) is 7.08. The molecule has 1 aromatic heterocycles. The smallest absolute Gasteiger partial charge is 0.422 e. The number of ether oxygens (including phenoxy) is 1. The third-order valence-corrected chi connectivity index (χ3v) is 4.07. The predicted molar refractivity (Wildman–Crippen MR) is 87.3 cm³/mol. The molecule has 3 rings (SSSR count). The van der Waals surface area contributed by atoms with E-state index in [0.717, 1.165) is 10.9 Å². The maximum atomic E-state index is 12.2. The van der Waals surface area contributed by atoms with E-state index in [1.165, 1.54) is 23.9 Å². The Hall–Kier alpha value is -2.22. The van der Waals surface area contributed by atoms with Crippen molar-refractivity contribution in [2.45, 2.75) is 11.7 Å². The maximum Gasteiger partial charge on any atom is 0.422 e. The van der Waals surface area contributed by atoms with Crippen LogP contribution in [-0.2, 0) is 0 Å². The fourth-order valence-electron chi connectivity index (χ4n) is 2.25. The van der Waals surface area contributed by atoms with Crippen LogP contribution in [0.4, 0.5) is 18.9 Å². The summed E-state index contributed by atoms with van der Waals surface area (Å²) in [4.78, 5) is 10.8. The number of pyridine rings is 1. The molecule has 1 aliphatic rings. The van der Waals surface area contributed by atoms with Gasteiger partial charge in [-0.1, -0.05) is 0 Å². The van der Waals surface area contributed by atoms with E-state index in [2.05, 4.69) is 9.98 Å². The Labute approximate surface area is 140 Å². The predicted octanol–water partition coefficient (Wildman–Crippen LogP) is 2.55. The molecular formula is C16H14F3N3OS. The SMILES string of the molecule is CSC1N=c2ncccc2=CN1c1ccc(OCC(F)(F)F)cc1. The van der Waals surface area contributed by atoms with Gasteiger partial charge in [-0.05, 0) is 42.7 Å². The summed E-state index contributed by atoms with van der Waals surface area (Å²) < 4.78 is 41.3. The Bertz CT molecular complexity index is 824. The summed E-state index contributed by atoms with van der Waals surface area (Å²) in [5.74, 6) is 0.174. The zero-order valence-corrected chi connectivity index (χ0v) is 13.5. The van der Waals surface area contributed by atoms with Crippen LogP contribution in [0.2, 0.25) is 0 Å². The number of alkyl halides is 3. The molecule has 1 unspecified atom stereocenters. The van der Waals surface area contributed by atoms with Gasteiger partial charge in [0.2, 0.25) is 0 Å². The molecule has 8 heteroatoms. The van der Waals surface area contributed by atoms with Gasteiger partial charge in [-0.3, -0.25) is 0 Å². The van der Waals surface area contributed by atoms with Gasteiger partial charge < -0.3 is 9.64 Å². The van der Waals surface area contributed by atoms with E-state index in [4.69, 9.17) is 4.74 Å². The van der Waals surface area contributed by atoms with E-state index in [1.54, 1.807) is 18.3 Å². The fraction of sp³-hybridized carbons (Fsp3) is 0.250. The van der Waals surface area contributed by atoms with Crippen LogP contribution in [0.15, 0.2) is 47.6 Å². The number of halogens is 3. The lowest BCUT2D eigenvalue weighted by Gasteiger charge is -2.28. The zero-order chi connectivity index (χ0) is 17.2. The van der Waals surface area contributed by atoms with Gasteiger partial charge in [-0.2, -0.15) is 13.2 Å². The first-order valence-corrected chi connectivity index (χ1v) is 8.36. The fourth-order valence-corrected chi connectivity index (χ4v) is 2.86. The highest BCUT2D eigenvalue weighted by Gasteiger charge is 2.28. The number of benzene rings is 1. The van der Waals surface area contributed by atoms with E-state index in [9.17, 15) is 13.2 Å². The maximum absolute atomic E-state index is 12.2. The van der Waals surface area contributed by atoms with Gasteiger partial charge in [0.05, 0.1) is 0 Å². The molecule has 0 N–H and O–H groups in total. The van der Waals surface area contributed by atoms with Crippen LogP contribution in [0.3, 0.4) is 0 Å². The van der Waals surface area contributed by atoms with Crippen LogP contribution in [0.5, 0.6) is 5.75 Å². The zero-order valence-electron chi connectivity index (χ0n) is 12.7. The van der Waals surface area contributed by atoms with E-state index in [0.29, 0.717) is 5.49 Å². The Morgan fingerprint density at radius 3 is 2.62 bits per heavy atom. The highest BCUT2D eigenvalue weighted by molar-refractivity contribution is 7.99. The molecule has 0 radical (unpaired) electrons. The molecule has 0 fully saturated rings. The van der Waals surface area contributed by atoms with Crippen molar-refractivity contribution in [3.05, 3.63) is 53.3 Å². The molecular weight excluding hydrogens is 339 g/mol. The summed E-state index contributed by atoms with van der Waals surface area (Å²) >= 11 is 1.54. The van der Waals surface area contributed by atoms with Crippen LogP contribution >= 0.6 is 11.8 Å². The summed E-state index contributed by atoms with van der Waals surface area (Å²) in [6.07, 6.45) is 1.21. The third-order valence-electron chi connectivity index (χ3n) is 3.31. The molecule has 2 heterocycles. The monoisotopic (exact) mass is 353 g/mol. The van der Waals surface area contributed by atoms with Gasteiger partial charge in [0, 0.05) is 23.3 Å². The molecule has 1 aromatic carbocycles. The minimum Gasteiger partial charge on any atom is -0.484 e. The van der Waals surface area contributed by atoms with Crippen molar-refractivity contribution in [2.75, 3.05) is 17.8 Å². The molecule has 0 saturated heterocycles. The number of fused-ring (bicyclic) bond motifs is 1. The van der Waals surface area contributed by atoms with E-state index < -0.39 is 12.8 Å². The standard InChI is InChI=1S/C16H14F3N3OS/c1-24-15-21-14-11(3-2-8-20-14)9-22(15)12-4-6-13(7-5-12)23-10-16(17,18)19/h2-9,15H,10H2,1H3. The van der Waals surface area contributed by atoms with Crippen LogP contribution in [-0.4, -0.2) is 29.5 Å². The van der Waals surface area contributed by atoms with Crippen LogP contribution in [0.1, 0.15) is 0 Å². The Morgan fingerprint density at radius 1 is 1.21 bits per heavy atom. The minimum absolute atomic E-state index is 0.174. The molecule has 1 atom stereocenters. The quantitative estimate of drug-likeness (QED) is 0.847. The third kappa shape index (κ3) is 3.81. The van der Waals surface area contributed by atoms with Crippen LogP contribution in [0, 0.1) is 0 Å². The largest absolute Gasteiger partial charge is 0.484 e. The molecule has 0 spiro atoms. The number of hydrogen-bond acceptors (Lipinski definition) is 5. The highest BCUT2D eigenvalue weighted by atomic mass is 32.2. The number of anilines is 1. The lowest BCUT2D eigenvalue weighted by Crippen LogP contribution is -2.41. The van der Waals surface area contributed by atoms with Crippen molar-refractivity contribution >= 4 is 23.6 Å². The average molecular weight is 353 g/mol. The lowest BCUT2D eigenvalue weighted by atomic mass is 10.2. The lowest BCUT2D eigenvalue weighted by molar-refractivity contribution is -0.153. The first kappa shape index (κ1) is 16.6. The Morgan fingerprint density at radius 2 is 1.96 bits per heavy atom. The topological polar surface area (TPSA) is 37.7 Å². The van der Waals surface area contributed by atoms with Gasteiger partial charge in [-0.25, -0.2) is 9.98 Å². The molecule has 2 aromatic rings. The van der Waals surface area contributed by atoms with Gasteiger partial charge in [0.25, 0.3) is 0 Å². The second-order valence-electron chi connectivity index (χ2n) is 5.04. The van der Waals surface area contributed by atoms with Crippen LogP contribution < -0.4 is 20.3 Å². The summed E-state index contributed by atoms with van der Waals surface area (Å²) in [6.45, 7) is -1.30. The minimum atomic E-state index is -4.35. The van der Waals surface area contributed by atoms with Gasteiger partial charge >= 0.3 is 6.18 Å². The molecule has 4 nitrogen and oxygen atoms in total. The number of thioether (sulfide) groups is 1. The van der Waals surface area contributed by atoms with Gasteiger partial charge in [0.15, 0.2) is 17.6 Å². The molecule has 24 heavy (non-hydrogen) atoms. The molecule has 0 bridgehead atoms. The number of rotatable bonds is 4. The van der Waals surface area contributed by atoms with Crippen molar-refractivity contribution in [2.24, 2.45) is 4.99 Å². The summed E-state index contributed by atoms with van der Waals surface area (Å²) in [5.41, 5.74) is 1.31. The normalized spacial score (nSPS) is 16.8. The van der Waals surface area contributed by atoms with Crippen molar-refractivity contribution in [1.29, 1.82) is 0 Å². The van der Waals surface area contributed by atoms with Gasteiger partial charge in [-0.15, -0.1) is 11.8 Å². The molecule has 126 valence electrons.